The molecule has 130 valence electrons. The van der Waals surface area contributed by atoms with E-state index in [1.807, 2.05) is 24.3 Å². The van der Waals surface area contributed by atoms with Gasteiger partial charge in [0, 0.05) is 18.3 Å². The molecule has 0 radical (unpaired) electrons. The van der Waals surface area contributed by atoms with Crippen molar-refractivity contribution in [1.82, 2.24) is 9.78 Å². The smallest absolute Gasteiger partial charge is 0.278 e. The van der Waals surface area contributed by atoms with Crippen LogP contribution in [0.5, 0.6) is 0 Å². The SMILES string of the molecule is O=C(c1ccc(=O)n(Cc2ccc(F)cc2)n1)N1CCc2ccccc21. The molecule has 0 N–H and O–H groups in total. The molecule has 5 nitrogen and oxygen atoms in total. The first-order chi connectivity index (χ1) is 12.6. The van der Waals surface area contributed by atoms with Crippen LogP contribution in [0.4, 0.5) is 10.1 Å². The number of para-hydroxylation sites is 1. The molecule has 0 atom stereocenters. The quantitative estimate of drug-likeness (QED) is 0.730. The average Bonchev–Trinajstić information content (AvgIpc) is 3.09. The third-order valence-corrected chi connectivity index (χ3v) is 4.46. The zero-order valence-electron chi connectivity index (χ0n) is 13.9. The van der Waals surface area contributed by atoms with E-state index in [-0.39, 0.29) is 29.5 Å². The summed E-state index contributed by atoms with van der Waals surface area (Å²) in [4.78, 5) is 26.6. The van der Waals surface area contributed by atoms with Gasteiger partial charge in [-0.2, -0.15) is 5.10 Å². The average molecular weight is 349 g/mol. The molecule has 0 aliphatic carbocycles. The van der Waals surface area contributed by atoms with Crippen molar-refractivity contribution >= 4 is 11.6 Å². The number of halogens is 1. The van der Waals surface area contributed by atoms with Crippen LogP contribution in [0.1, 0.15) is 21.6 Å². The Balaban J connectivity index is 1.63. The number of rotatable bonds is 3. The largest absolute Gasteiger partial charge is 0.306 e. The van der Waals surface area contributed by atoms with E-state index in [1.165, 1.54) is 28.9 Å². The minimum atomic E-state index is -0.342. The van der Waals surface area contributed by atoms with E-state index in [4.69, 9.17) is 0 Å². The van der Waals surface area contributed by atoms with Crippen molar-refractivity contribution < 1.29 is 9.18 Å². The highest BCUT2D eigenvalue weighted by atomic mass is 19.1. The van der Waals surface area contributed by atoms with Gasteiger partial charge in [-0.25, -0.2) is 9.07 Å². The van der Waals surface area contributed by atoms with E-state index in [1.54, 1.807) is 17.0 Å². The van der Waals surface area contributed by atoms with Gasteiger partial charge in [-0.05, 0) is 41.8 Å². The highest BCUT2D eigenvalue weighted by molar-refractivity contribution is 6.05. The molecule has 0 spiro atoms. The molecule has 2 heterocycles. The van der Waals surface area contributed by atoms with Crippen LogP contribution in [-0.4, -0.2) is 22.2 Å². The Morgan fingerprint density at radius 1 is 1.04 bits per heavy atom. The summed E-state index contributed by atoms with van der Waals surface area (Å²) in [7, 11) is 0. The number of hydrogen-bond acceptors (Lipinski definition) is 3. The fraction of sp³-hybridized carbons (Fsp3) is 0.150. The highest BCUT2D eigenvalue weighted by Crippen LogP contribution is 2.28. The summed E-state index contributed by atoms with van der Waals surface area (Å²) >= 11 is 0. The normalized spacial score (nSPS) is 12.9. The van der Waals surface area contributed by atoms with Gasteiger partial charge in [0.2, 0.25) is 0 Å². The van der Waals surface area contributed by atoms with Crippen molar-refractivity contribution in [3.05, 3.63) is 93.7 Å². The van der Waals surface area contributed by atoms with E-state index in [0.29, 0.717) is 6.54 Å². The number of carbonyl (C=O) groups excluding carboxylic acids is 1. The number of aromatic nitrogens is 2. The summed E-state index contributed by atoms with van der Waals surface area (Å²) in [6, 6.07) is 16.4. The number of benzene rings is 2. The van der Waals surface area contributed by atoms with Crippen LogP contribution < -0.4 is 10.5 Å². The van der Waals surface area contributed by atoms with E-state index in [0.717, 1.165) is 23.2 Å². The second-order valence-corrected chi connectivity index (χ2v) is 6.18. The summed E-state index contributed by atoms with van der Waals surface area (Å²) < 4.78 is 14.3. The highest BCUT2D eigenvalue weighted by Gasteiger charge is 2.26. The van der Waals surface area contributed by atoms with E-state index >= 15 is 0 Å². The lowest BCUT2D eigenvalue weighted by molar-refractivity contribution is 0.0982. The predicted octanol–water partition coefficient (Wildman–Crippen LogP) is 2.63. The molecule has 1 aliphatic rings. The van der Waals surface area contributed by atoms with Crippen LogP contribution in [0.25, 0.3) is 0 Å². The van der Waals surface area contributed by atoms with Crippen LogP contribution >= 0.6 is 0 Å². The number of anilines is 1. The number of hydrogen-bond donors (Lipinski definition) is 0. The molecule has 0 fully saturated rings. The van der Waals surface area contributed by atoms with Crippen LogP contribution in [0.2, 0.25) is 0 Å². The van der Waals surface area contributed by atoms with E-state index < -0.39 is 0 Å². The molecule has 3 aromatic rings. The standard InChI is InChI=1S/C20H16FN3O2/c21-16-7-5-14(6-8-16)13-24-19(25)10-9-17(22-24)20(26)23-12-11-15-3-1-2-4-18(15)23/h1-10H,11-13H2. The first-order valence-electron chi connectivity index (χ1n) is 8.34. The van der Waals surface area contributed by atoms with Crippen molar-refractivity contribution in [2.24, 2.45) is 0 Å². The maximum Gasteiger partial charge on any atom is 0.278 e. The molecule has 4 rings (SSSR count). The van der Waals surface area contributed by atoms with Gasteiger partial charge in [-0.3, -0.25) is 9.59 Å². The first-order valence-corrected chi connectivity index (χ1v) is 8.34. The van der Waals surface area contributed by atoms with Gasteiger partial charge in [0.05, 0.1) is 6.54 Å². The maximum atomic E-state index is 13.0. The van der Waals surface area contributed by atoms with Crippen LogP contribution in [-0.2, 0) is 13.0 Å². The van der Waals surface area contributed by atoms with Crippen molar-refractivity contribution in [2.75, 3.05) is 11.4 Å². The van der Waals surface area contributed by atoms with Crippen molar-refractivity contribution in [1.29, 1.82) is 0 Å². The minimum Gasteiger partial charge on any atom is -0.306 e. The zero-order valence-corrected chi connectivity index (χ0v) is 13.9. The summed E-state index contributed by atoms with van der Waals surface area (Å²) in [5.74, 6) is -0.575. The Labute approximate surface area is 149 Å². The molecule has 0 bridgehead atoms. The lowest BCUT2D eigenvalue weighted by Gasteiger charge is -2.17. The molecular formula is C20H16FN3O2. The second-order valence-electron chi connectivity index (χ2n) is 6.18. The first kappa shape index (κ1) is 16.2. The van der Waals surface area contributed by atoms with Gasteiger partial charge >= 0.3 is 0 Å². The van der Waals surface area contributed by atoms with Gasteiger partial charge in [0.15, 0.2) is 0 Å². The van der Waals surface area contributed by atoms with E-state index in [2.05, 4.69) is 5.10 Å². The Hall–Kier alpha value is -3.28. The van der Waals surface area contributed by atoms with Crippen LogP contribution in [0.3, 0.4) is 0 Å². The Morgan fingerprint density at radius 3 is 2.62 bits per heavy atom. The van der Waals surface area contributed by atoms with Crippen molar-refractivity contribution in [3.63, 3.8) is 0 Å². The molecule has 1 aliphatic heterocycles. The van der Waals surface area contributed by atoms with Gasteiger partial charge in [0.1, 0.15) is 11.5 Å². The summed E-state index contributed by atoms with van der Waals surface area (Å²) in [6.45, 7) is 0.772. The molecule has 26 heavy (non-hydrogen) atoms. The maximum absolute atomic E-state index is 13.0. The Kier molecular flexibility index (Phi) is 4.08. The molecule has 0 unspecified atom stereocenters. The molecule has 2 aromatic carbocycles. The van der Waals surface area contributed by atoms with Gasteiger partial charge in [-0.15, -0.1) is 0 Å². The molecule has 1 aromatic heterocycles. The molecule has 6 heteroatoms. The third-order valence-electron chi connectivity index (χ3n) is 4.46. The Bertz CT molecular complexity index is 1030. The fourth-order valence-electron chi connectivity index (χ4n) is 3.13. The lowest BCUT2D eigenvalue weighted by Crippen LogP contribution is -2.32. The van der Waals surface area contributed by atoms with Gasteiger partial charge < -0.3 is 4.90 Å². The fourth-order valence-corrected chi connectivity index (χ4v) is 3.13. The van der Waals surface area contributed by atoms with Crippen molar-refractivity contribution in [3.8, 4) is 0 Å². The number of nitrogens with zero attached hydrogens (tertiary/aromatic N) is 3. The van der Waals surface area contributed by atoms with Crippen molar-refractivity contribution in [2.45, 2.75) is 13.0 Å². The van der Waals surface area contributed by atoms with E-state index in [9.17, 15) is 14.0 Å². The second kappa shape index (κ2) is 6.55. The van der Waals surface area contributed by atoms with Gasteiger partial charge in [-0.1, -0.05) is 30.3 Å². The lowest BCUT2D eigenvalue weighted by atomic mass is 10.2. The monoisotopic (exact) mass is 349 g/mol. The number of fused-ring (bicyclic) bond motifs is 1. The summed E-state index contributed by atoms with van der Waals surface area (Å²) in [6.07, 6.45) is 0.803. The Morgan fingerprint density at radius 2 is 1.81 bits per heavy atom. The van der Waals surface area contributed by atoms with Crippen LogP contribution in [0, 0.1) is 5.82 Å². The summed E-state index contributed by atoms with van der Waals surface area (Å²) in [5.41, 5.74) is 2.64. The third kappa shape index (κ3) is 3.01. The molecular weight excluding hydrogens is 333 g/mol. The number of carbonyl (C=O) groups is 1. The predicted molar refractivity (Wildman–Crippen MR) is 95.8 cm³/mol. The zero-order chi connectivity index (χ0) is 18.1. The molecule has 0 saturated heterocycles. The minimum absolute atomic E-state index is 0.177. The topological polar surface area (TPSA) is 55.2 Å². The van der Waals surface area contributed by atoms with Crippen LogP contribution in [0.15, 0.2) is 65.5 Å². The molecule has 0 saturated carbocycles. The van der Waals surface area contributed by atoms with Gasteiger partial charge in [0.25, 0.3) is 11.5 Å². The molecule has 1 amide bonds. The number of amides is 1. The summed E-state index contributed by atoms with van der Waals surface area (Å²) in [5, 5.41) is 4.23.